The Kier molecular flexibility index (Phi) is 3.62. The van der Waals surface area contributed by atoms with E-state index < -0.39 is 0 Å². The van der Waals surface area contributed by atoms with E-state index in [9.17, 15) is 4.79 Å². The number of carbonyl (C=O) groups is 1. The smallest absolute Gasteiger partial charge is 0.274 e. The number of fused-ring (bicyclic) bond motifs is 1. The zero-order valence-corrected chi connectivity index (χ0v) is 13.9. The van der Waals surface area contributed by atoms with E-state index in [0.717, 1.165) is 22.2 Å². The van der Waals surface area contributed by atoms with E-state index >= 15 is 0 Å². The molecule has 0 saturated carbocycles. The summed E-state index contributed by atoms with van der Waals surface area (Å²) >= 11 is 3.26. The quantitative estimate of drug-likeness (QED) is 0.519. The van der Waals surface area contributed by atoms with E-state index in [4.69, 9.17) is 4.42 Å². The monoisotopic (exact) mass is 382 g/mol. The molecule has 0 spiro atoms. The predicted octanol–water partition coefficient (Wildman–Crippen LogP) is 4.23. The van der Waals surface area contributed by atoms with Gasteiger partial charge < -0.3 is 9.73 Å². The topological polar surface area (TPSA) is 83.8 Å². The molecule has 0 aliphatic carbocycles. The van der Waals surface area contributed by atoms with Crippen LogP contribution >= 0.6 is 15.9 Å². The number of nitrogens with zero attached hydrogens (tertiary/aromatic N) is 2. The lowest BCUT2D eigenvalue weighted by molar-refractivity contribution is 0.102. The zero-order chi connectivity index (χ0) is 16.5. The summed E-state index contributed by atoms with van der Waals surface area (Å²) in [5, 5.41) is 11.0. The van der Waals surface area contributed by atoms with Gasteiger partial charge in [0.1, 0.15) is 16.0 Å². The SMILES string of the molecule is O=C(Nc1ccc2[nH]nc(-c3ccoc3)c2c1)c1cccc(Br)n1. The largest absolute Gasteiger partial charge is 0.472 e. The van der Waals surface area contributed by atoms with Gasteiger partial charge in [0.2, 0.25) is 0 Å². The number of halogens is 1. The summed E-state index contributed by atoms with van der Waals surface area (Å²) in [4.78, 5) is 16.5. The molecule has 1 aromatic carbocycles. The van der Waals surface area contributed by atoms with Crippen molar-refractivity contribution in [2.45, 2.75) is 0 Å². The number of aromatic amines is 1. The number of furan rings is 1. The number of carbonyl (C=O) groups excluding carboxylic acids is 1. The Morgan fingerprint density at radius 2 is 2.12 bits per heavy atom. The van der Waals surface area contributed by atoms with Gasteiger partial charge in [-0.05, 0) is 52.3 Å². The summed E-state index contributed by atoms with van der Waals surface area (Å²) < 4.78 is 5.73. The summed E-state index contributed by atoms with van der Waals surface area (Å²) in [5.74, 6) is -0.274. The number of amides is 1. The van der Waals surface area contributed by atoms with Gasteiger partial charge in [0, 0.05) is 16.6 Å². The van der Waals surface area contributed by atoms with Crippen molar-refractivity contribution in [3.8, 4) is 11.3 Å². The van der Waals surface area contributed by atoms with Crippen LogP contribution in [-0.2, 0) is 0 Å². The highest BCUT2D eigenvalue weighted by molar-refractivity contribution is 9.10. The van der Waals surface area contributed by atoms with Crippen LogP contribution in [0.2, 0.25) is 0 Å². The predicted molar refractivity (Wildman–Crippen MR) is 93.7 cm³/mol. The number of benzene rings is 1. The van der Waals surface area contributed by atoms with E-state index in [0.29, 0.717) is 16.0 Å². The summed E-state index contributed by atoms with van der Waals surface area (Å²) in [5.41, 5.74) is 3.53. The molecule has 4 aromatic rings. The van der Waals surface area contributed by atoms with Crippen LogP contribution in [0.1, 0.15) is 10.5 Å². The Balaban J connectivity index is 1.68. The van der Waals surface area contributed by atoms with Crippen LogP contribution in [0.15, 0.2) is 64.0 Å². The fraction of sp³-hybridized carbons (Fsp3) is 0. The van der Waals surface area contributed by atoms with E-state index in [1.54, 1.807) is 30.7 Å². The van der Waals surface area contributed by atoms with Crippen molar-refractivity contribution in [3.05, 3.63) is 65.3 Å². The Hall–Kier alpha value is -2.93. The van der Waals surface area contributed by atoms with Crippen molar-refractivity contribution in [1.82, 2.24) is 15.2 Å². The minimum Gasteiger partial charge on any atom is -0.472 e. The Labute approximate surface area is 145 Å². The molecule has 118 valence electrons. The molecular weight excluding hydrogens is 372 g/mol. The number of anilines is 1. The first-order chi connectivity index (χ1) is 11.7. The molecule has 0 aliphatic heterocycles. The van der Waals surface area contributed by atoms with Crippen LogP contribution in [0, 0.1) is 0 Å². The van der Waals surface area contributed by atoms with Crippen LogP contribution in [0.25, 0.3) is 22.2 Å². The van der Waals surface area contributed by atoms with E-state index in [1.807, 2.05) is 24.3 Å². The second kappa shape index (κ2) is 5.93. The third kappa shape index (κ3) is 2.69. The summed E-state index contributed by atoms with van der Waals surface area (Å²) in [6, 6.07) is 12.6. The lowest BCUT2D eigenvalue weighted by Gasteiger charge is -2.05. The van der Waals surface area contributed by atoms with Crippen molar-refractivity contribution >= 4 is 38.4 Å². The highest BCUT2D eigenvalue weighted by Gasteiger charge is 2.12. The van der Waals surface area contributed by atoms with Gasteiger partial charge in [-0.2, -0.15) is 5.10 Å². The van der Waals surface area contributed by atoms with Gasteiger partial charge in [-0.1, -0.05) is 6.07 Å². The number of pyridine rings is 1. The number of nitrogens with one attached hydrogen (secondary N) is 2. The minimum absolute atomic E-state index is 0.274. The molecule has 0 aliphatic rings. The number of hydrogen-bond donors (Lipinski definition) is 2. The molecule has 0 unspecified atom stereocenters. The first-order valence-electron chi connectivity index (χ1n) is 7.15. The maximum absolute atomic E-state index is 12.3. The zero-order valence-electron chi connectivity index (χ0n) is 12.3. The lowest BCUT2D eigenvalue weighted by Crippen LogP contribution is -2.13. The summed E-state index contributed by atoms with van der Waals surface area (Å²) in [6.07, 6.45) is 3.23. The Bertz CT molecular complexity index is 1020. The summed E-state index contributed by atoms with van der Waals surface area (Å²) in [6.45, 7) is 0. The van der Waals surface area contributed by atoms with E-state index in [1.165, 1.54) is 0 Å². The van der Waals surface area contributed by atoms with Crippen LogP contribution in [0.3, 0.4) is 0 Å². The van der Waals surface area contributed by atoms with E-state index in [2.05, 4.69) is 36.4 Å². The second-order valence-electron chi connectivity index (χ2n) is 5.14. The number of rotatable bonds is 3. The molecule has 7 heteroatoms. The Morgan fingerprint density at radius 1 is 1.21 bits per heavy atom. The van der Waals surface area contributed by atoms with Gasteiger partial charge in [-0.3, -0.25) is 9.89 Å². The molecule has 3 heterocycles. The maximum Gasteiger partial charge on any atom is 0.274 e. The summed E-state index contributed by atoms with van der Waals surface area (Å²) in [7, 11) is 0. The molecule has 3 aromatic heterocycles. The molecule has 0 fully saturated rings. The van der Waals surface area contributed by atoms with Crippen LogP contribution in [0.5, 0.6) is 0 Å². The van der Waals surface area contributed by atoms with Crippen molar-refractivity contribution < 1.29 is 9.21 Å². The van der Waals surface area contributed by atoms with Gasteiger partial charge in [-0.25, -0.2) is 4.98 Å². The fourth-order valence-corrected chi connectivity index (χ4v) is 2.78. The van der Waals surface area contributed by atoms with Crippen molar-refractivity contribution in [2.75, 3.05) is 5.32 Å². The number of aromatic nitrogens is 3. The highest BCUT2D eigenvalue weighted by Crippen LogP contribution is 2.28. The van der Waals surface area contributed by atoms with Crippen LogP contribution in [-0.4, -0.2) is 21.1 Å². The number of H-pyrrole nitrogens is 1. The third-order valence-electron chi connectivity index (χ3n) is 3.56. The van der Waals surface area contributed by atoms with Crippen LogP contribution < -0.4 is 5.32 Å². The Morgan fingerprint density at radius 3 is 2.92 bits per heavy atom. The van der Waals surface area contributed by atoms with Gasteiger partial charge in [-0.15, -0.1) is 0 Å². The first kappa shape index (κ1) is 14.6. The molecule has 4 rings (SSSR count). The van der Waals surface area contributed by atoms with Crippen molar-refractivity contribution in [1.29, 1.82) is 0 Å². The molecular formula is C17H11BrN4O2. The van der Waals surface area contributed by atoms with Gasteiger partial charge in [0.05, 0.1) is 18.0 Å². The molecule has 1 amide bonds. The normalized spacial score (nSPS) is 10.9. The lowest BCUT2D eigenvalue weighted by atomic mass is 10.1. The maximum atomic E-state index is 12.3. The molecule has 0 atom stereocenters. The molecule has 0 bridgehead atoms. The molecule has 2 N–H and O–H groups in total. The van der Waals surface area contributed by atoms with Crippen molar-refractivity contribution in [2.24, 2.45) is 0 Å². The molecule has 0 saturated heterocycles. The highest BCUT2D eigenvalue weighted by atomic mass is 79.9. The van der Waals surface area contributed by atoms with Gasteiger partial charge in [0.25, 0.3) is 5.91 Å². The van der Waals surface area contributed by atoms with Gasteiger partial charge in [0.15, 0.2) is 0 Å². The average Bonchev–Trinajstić information content (AvgIpc) is 3.23. The van der Waals surface area contributed by atoms with Gasteiger partial charge >= 0.3 is 0 Å². The second-order valence-corrected chi connectivity index (χ2v) is 5.96. The van der Waals surface area contributed by atoms with Crippen molar-refractivity contribution in [3.63, 3.8) is 0 Å². The standard InChI is InChI=1S/C17H11BrN4O2/c18-15-3-1-2-14(20-15)17(23)19-11-4-5-13-12(8-11)16(22-21-13)10-6-7-24-9-10/h1-9H,(H,19,23)(H,21,22). The average molecular weight is 383 g/mol. The molecule has 0 radical (unpaired) electrons. The van der Waals surface area contributed by atoms with E-state index in [-0.39, 0.29) is 5.91 Å². The molecule has 24 heavy (non-hydrogen) atoms. The number of hydrogen-bond acceptors (Lipinski definition) is 4. The van der Waals surface area contributed by atoms with Crippen LogP contribution in [0.4, 0.5) is 5.69 Å². The fourth-order valence-electron chi connectivity index (χ4n) is 2.44. The minimum atomic E-state index is -0.274. The third-order valence-corrected chi connectivity index (χ3v) is 4.00. The molecule has 6 nitrogen and oxygen atoms in total. The first-order valence-corrected chi connectivity index (χ1v) is 7.94.